The molecule has 0 aliphatic heterocycles. The Balaban J connectivity index is 2.41. The topological polar surface area (TPSA) is 59.4 Å². The average molecular weight is 339 g/mol. The van der Waals surface area contributed by atoms with Gasteiger partial charge in [0, 0.05) is 28.0 Å². The van der Waals surface area contributed by atoms with Gasteiger partial charge in [-0.3, -0.25) is 9.78 Å². The highest BCUT2D eigenvalue weighted by molar-refractivity contribution is 9.10. The van der Waals surface area contributed by atoms with E-state index in [-0.39, 0.29) is 0 Å². The molecular formula is C13H11BrN2O2S. The zero-order valence-corrected chi connectivity index (χ0v) is 12.5. The van der Waals surface area contributed by atoms with E-state index in [2.05, 4.69) is 25.3 Å². The summed E-state index contributed by atoms with van der Waals surface area (Å²) in [5.41, 5.74) is 0.305. The van der Waals surface area contributed by atoms with Gasteiger partial charge in [0.2, 0.25) is 0 Å². The number of aromatic nitrogens is 1. The number of nitrogens with zero attached hydrogens (tertiary/aromatic N) is 2. The van der Waals surface area contributed by atoms with E-state index in [1.54, 1.807) is 36.5 Å². The van der Waals surface area contributed by atoms with Gasteiger partial charge in [-0.1, -0.05) is 18.2 Å². The second-order valence-corrected chi connectivity index (χ2v) is 7.08. The van der Waals surface area contributed by atoms with Crippen molar-refractivity contribution in [3.05, 3.63) is 58.8 Å². The van der Waals surface area contributed by atoms with E-state index in [1.165, 1.54) is 12.5 Å². The molecule has 1 heterocycles. The van der Waals surface area contributed by atoms with Crippen molar-refractivity contribution in [2.45, 2.75) is 4.90 Å². The minimum Gasteiger partial charge on any atom is -0.266 e. The predicted molar refractivity (Wildman–Crippen MR) is 77.5 cm³/mol. The van der Waals surface area contributed by atoms with E-state index < -0.39 is 15.6 Å². The van der Waals surface area contributed by atoms with Gasteiger partial charge in [0.1, 0.15) is 0 Å². The lowest BCUT2D eigenvalue weighted by Gasteiger charge is -2.03. The number of amides is 1. The second kappa shape index (κ2) is 5.63. The molecule has 1 aromatic carbocycles. The van der Waals surface area contributed by atoms with Crippen molar-refractivity contribution in [2.75, 3.05) is 6.26 Å². The molecule has 0 saturated carbocycles. The van der Waals surface area contributed by atoms with Crippen LogP contribution in [0.3, 0.4) is 0 Å². The molecule has 0 saturated heterocycles. The highest BCUT2D eigenvalue weighted by Gasteiger charge is 2.11. The van der Waals surface area contributed by atoms with E-state index >= 15 is 0 Å². The zero-order valence-electron chi connectivity index (χ0n) is 10.1. The Morgan fingerprint density at radius 1 is 1.26 bits per heavy atom. The Kier molecular flexibility index (Phi) is 4.11. The van der Waals surface area contributed by atoms with Gasteiger partial charge in [-0.2, -0.15) is 4.36 Å². The Bertz CT molecular complexity index is 722. The van der Waals surface area contributed by atoms with Crippen LogP contribution in [0.5, 0.6) is 0 Å². The summed E-state index contributed by atoms with van der Waals surface area (Å²) >= 11 is 3.23. The predicted octanol–water partition coefficient (Wildman–Crippen LogP) is 3.14. The summed E-state index contributed by atoms with van der Waals surface area (Å²) in [5.74, 6) is -0.537. The van der Waals surface area contributed by atoms with Crippen molar-refractivity contribution in [1.82, 2.24) is 4.98 Å². The minimum atomic E-state index is -2.74. The molecule has 1 atom stereocenters. The lowest BCUT2D eigenvalue weighted by molar-refractivity contribution is 0.100. The molecule has 6 heteroatoms. The third kappa shape index (κ3) is 3.48. The van der Waals surface area contributed by atoms with Crippen molar-refractivity contribution >= 4 is 31.6 Å². The number of halogens is 1. The van der Waals surface area contributed by atoms with Crippen LogP contribution in [0.15, 0.2) is 62.5 Å². The van der Waals surface area contributed by atoms with E-state index in [4.69, 9.17) is 0 Å². The fraction of sp³-hybridized carbons (Fsp3) is 0.0769. The van der Waals surface area contributed by atoms with Gasteiger partial charge in [0.25, 0.3) is 5.91 Å². The monoisotopic (exact) mass is 338 g/mol. The van der Waals surface area contributed by atoms with Crippen LogP contribution in [0.2, 0.25) is 0 Å². The highest BCUT2D eigenvalue weighted by Crippen LogP contribution is 2.14. The molecular weight excluding hydrogens is 328 g/mol. The molecule has 0 aliphatic rings. The number of benzene rings is 1. The van der Waals surface area contributed by atoms with Crippen LogP contribution in [0.4, 0.5) is 0 Å². The van der Waals surface area contributed by atoms with Crippen molar-refractivity contribution in [3.8, 4) is 0 Å². The maximum Gasteiger partial charge on any atom is 0.286 e. The molecule has 0 radical (unpaired) electrons. The normalized spacial score (nSPS) is 13.6. The molecule has 19 heavy (non-hydrogen) atoms. The Morgan fingerprint density at radius 3 is 2.58 bits per heavy atom. The van der Waals surface area contributed by atoms with Gasteiger partial charge in [0.15, 0.2) is 0 Å². The number of pyridine rings is 1. The molecule has 0 spiro atoms. The maximum atomic E-state index is 12.4. The largest absolute Gasteiger partial charge is 0.286 e. The Morgan fingerprint density at radius 2 is 1.95 bits per heavy atom. The Hall–Kier alpha value is -1.53. The third-order valence-corrected chi connectivity index (χ3v) is 4.48. The molecule has 0 fully saturated rings. The summed E-state index contributed by atoms with van der Waals surface area (Å²) in [5, 5.41) is 0. The SMILES string of the molecule is C[S@](=O)(=NC(=O)c1cncc(Br)c1)c1ccccc1. The first-order chi connectivity index (χ1) is 8.99. The molecule has 0 unspecified atom stereocenters. The summed E-state index contributed by atoms with van der Waals surface area (Å²) < 4.78 is 16.9. The van der Waals surface area contributed by atoms with Crippen LogP contribution in [0, 0.1) is 0 Å². The van der Waals surface area contributed by atoms with E-state index in [0.29, 0.717) is 14.9 Å². The third-order valence-electron chi connectivity index (χ3n) is 2.39. The second-order valence-electron chi connectivity index (χ2n) is 3.90. The van der Waals surface area contributed by atoms with Gasteiger partial charge < -0.3 is 0 Å². The van der Waals surface area contributed by atoms with Crippen LogP contribution in [0.1, 0.15) is 10.4 Å². The number of hydrogen-bond donors (Lipinski definition) is 0. The quantitative estimate of drug-likeness (QED) is 0.845. The van der Waals surface area contributed by atoms with Crippen molar-refractivity contribution < 1.29 is 9.00 Å². The number of rotatable bonds is 2. The fourth-order valence-electron chi connectivity index (χ4n) is 1.47. The molecule has 4 nitrogen and oxygen atoms in total. The van der Waals surface area contributed by atoms with Crippen molar-refractivity contribution in [2.24, 2.45) is 4.36 Å². The van der Waals surface area contributed by atoms with Crippen LogP contribution in [-0.2, 0) is 9.73 Å². The lowest BCUT2D eigenvalue weighted by Crippen LogP contribution is -2.04. The highest BCUT2D eigenvalue weighted by atomic mass is 79.9. The van der Waals surface area contributed by atoms with Crippen molar-refractivity contribution in [3.63, 3.8) is 0 Å². The molecule has 98 valence electrons. The fourth-order valence-corrected chi connectivity index (χ4v) is 3.02. The van der Waals surface area contributed by atoms with E-state index in [0.717, 1.165) is 0 Å². The summed E-state index contributed by atoms with van der Waals surface area (Å²) in [7, 11) is -2.74. The number of hydrogen-bond acceptors (Lipinski definition) is 3. The van der Waals surface area contributed by atoms with Gasteiger partial charge in [0.05, 0.1) is 15.3 Å². The first-order valence-electron chi connectivity index (χ1n) is 5.41. The number of carbonyl (C=O) groups is 1. The number of carbonyl (C=O) groups excluding carboxylic acids is 1. The summed E-state index contributed by atoms with van der Waals surface area (Å²) in [6.45, 7) is 0. The Labute approximate surface area is 120 Å². The molecule has 2 rings (SSSR count). The molecule has 0 bridgehead atoms. The van der Waals surface area contributed by atoms with Gasteiger partial charge in [-0.05, 0) is 34.1 Å². The zero-order chi connectivity index (χ0) is 13.9. The summed E-state index contributed by atoms with van der Waals surface area (Å²) in [6, 6.07) is 10.3. The lowest BCUT2D eigenvalue weighted by atomic mass is 10.3. The summed E-state index contributed by atoms with van der Waals surface area (Å²) in [4.78, 5) is 16.4. The van der Waals surface area contributed by atoms with E-state index in [1.807, 2.05) is 6.07 Å². The van der Waals surface area contributed by atoms with Crippen LogP contribution >= 0.6 is 15.9 Å². The van der Waals surface area contributed by atoms with Crippen LogP contribution in [0.25, 0.3) is 0 Å². The molecule has 1 amide bonds. The van der Waals surface area contributed by atoms with Crippen LogP contribution in [-0.4, -0.2) is 21.4 Å². The standard InChI is InChI=1S/C13H11BrN2O2S/c1-19(18,12-5-3-2-4-6-12)16-13(17)10-7-11(14)9-15-8-10/h2-9H,1H3/t19-/m1/s1. The van der Waals surface area contributed by atoms with Gasteiger partial charge in [-0.25, -0.2) is 4.21 Å². The molecule has 0 N–H and O–H groups in total. The maximum absolute atomic E-state index is 12.4. The average Bonchev–Trinajstić information content (AvgIpc) is 2.39. The smallest absolute Gasteiger partial charge is 0.266 e. The first-order valence-corrected chi connectivity index (χ1v) is 8.13. The molecule has 1 aromatic heterocycles. The van der Waals surface area contributed by atoms with Gasteiger partial charge in [-0.15, -0.1) is 0 Å². The first kappa shape index (κ1) is 13.9. The minimum absolute atomic E-state index is 0.305. The molecule has 2 aromatic rings. The summed E-state index contributed by atoms with van der Waals surface area (Å²) in [6.07, 6.45) is 4.42. The van der Waals surface area contributed by atoms with E-state index in [9.17, 15) is 9.00 Å². The van der Waals surface area contributed by atoms with Gasteiger partial charge >= 0.3 is 0 Å². The van der Waals surface area contributed by atoms with Crippen molar-refractivity contribution in [1.29, 1.82) is 0 Å². The molecule has 0 aliphatic carbocycles. The van der Waals surface area contributed by atoms with Crippen LogP contribution < -0.4 is 0 Å².